The van der Waals surface area contributed by atoms with Gasteiger partial charge in [-0.25, -0.2) is 0 Å². The van der Waals surface area contributed by atoms with Crippen LogP contribution in [0.1, 0.15) is 31.6 Å². The smallest absolute Gasteiger partial charge is 0.0574 e. The lowest BCUT2D eigenvalue weighted by atomic mass is 9.94. The minimum absolute atomic E-state index is 0.0367. The zero-order valence-electron chi connectivity index (χ0n) is 9.83. The fourth-order valence-electron chi connectivity index (χ4n) is 1.80. The molecular weight excluding hydrogens is 302 g/mol. The van der Waals surface area contributed by atoms with Crippen LogP contribution >= 0.6 is 38.4 Å². The molecule has 0 radical (unpaired) electrons. The Morgan fingerprint density at radius 3 is 2.38 bits per heavy atom. The predicted molar refractivity (Wildman–Crippen MR) is 81.2 cm³/mol. The van der Waals surface area contributed by atoms with E-state index in [0.29, 0.717) is 5.25 Å². The van der Waals surface area contributed by atoms with Crippen LogP contribution in [0.4, 0.5) is 0 Å². The predicted octanol–water partition coefficient (Wildman–Crippen LogP) is 4.46. The van der Waals surface area contributed by atoms with E-state index in [-0.39, 0.29) is 5.54 Å². The summed E-state index contributed by atoms with van der Waals surface area (Å²) >= 11 is 7.86. The van der Waals surface area contributed by atoms with Crippen molar-refractivity contribution in [2.24, 2.45) is 0 Å². The molecule has 0 saturated heterocycles. The molecule has 0 amide bonds. The zero-order chi connectivity index (χ0) is 12.2. The molecule has 0 aliphatic heterocycles. The monoisotopic (exact) mass is 319 g/mol. The average Bonchev–Trinajstić information content (AvgIpc) is 2.21. The summed E-state index contributed by atoms with van der Waals surface area (Å²) in [6.45, 7) is 7.52. The molecule has 1 atom stereocenters. The van der Waals surface area contributed by atoms with Gasteiger partial charge in [-0.05, 0) is 38.1 Å². The minimum Gasteiger partial charge on any atom is -0.311 e. The summed E-state index contributed by atoms with van der Waals surface area (Å²) in [6, 6.07) is 8.46. The number of rotatable bonds is 5. The van der Waals surface area contributed by atoms with E-state index in [9.17, 15) is 0 Å². The Balaban J connectivity index is 2.93. The van der Waals surface area contributed by atoms with Crippen LogP contribution in [0.3, 0.4) is 0 Å². The fourth-order valence-corrected chi connectivity index (χ4v) is 3.84. The number of likely N-dealkylation sites (N-methyl/N-ethyl adjacent to an activating group) is 1. The van der Waals surface area contributed by atoms with Crippen molar-refractivity contribution in [1.29, 1.82) is 0 Å². The summed E-state index contributed by atoms with van der Waals surface area (Å²) in [5.41, 5.74) is 1.34. The van der Waals surface area contributed by atoms with Gasteiger partial charge in [0.15, 0.2) is 0 Å². The largest absolute Gasteiger partial charge is 0.311 e. The molecule has 0 spiro atoms. The summed E-state index contributed by atoms with van der Waals surface area (Å²) in [7, 11) is 1.59. The van der Waals surface area contributed by atoms with Gasteiger partial charge >= 0.3 is 0 Å². The molecule has 1 N–H and O–H groups in total. The number of halogens is 1. The molecule has 0 unspecified atom stereocenters. The highest BCUT2D eigenvalue weighted by molar-refractivity contribution is 9.10. The summed E-state index contributed by atoms with van der Waals surface area (Å²) < 4.78 is 1.11. The van der Waals surface area contributed by atoms with Crippen molar-refractivity contribution in [3.63, 3.8) is 0 Å². The van der Waals surface area contributed by atoms with E-state index in [4.69, 9.17) is 0 Å². The van der Waals surface area contributed by atoms with E-state index in [1.807, 2.05) is 0 Å². The minimum atomic E-state index is 0.0367. The Hall–Kier alpha value is 0.360. The van der Waals surface area contributed by atoms with Crippen LogP contribution in [0.2, 0.25) is 0 Å². The normalized spacial score (nSPS) is 13.8. The second-order valence-electron chi connectivity index (χ2n) is 4.29. The maximum Gasteiger partial charge on any atom is 0.0574 e. The van der Waals surface area contributed by atoms with Gasteiger partial charge in [0.2, 0.25) is 0 Å². The summed E-state index contributed by atoms with van der Waals surface area (Å²) in [5.74, 6) is 0. The van der Waals surface area contributed by atoms with Crippen molar-refractivity contribution < 1.29 is 0 Å². The van der Waals surface area contributed by atoms with E-state index in [0.717, 1.165) is 11.0 Å². The molecule has 0 aliphatic rings. The number of thiol groups is 1. The van der Waals surface area contributed by atoms with E-state index < -0.39 is 0 Å². The third-order valence-electron chi connectivity index (χ3n) is 2.57. The Labute approximate surface area is 116 Å². The maximum absolute atomic E-state index is 4.40. The van der Waals surface area contributed by atoms with Gasteiger partial charge in [0.25, 0.3) is 0 Å². The Morgan fingerprint density at radius 2 is 1.94 bits per heavy atom. The number of hydrogen-bond donors (Lipinski definition) is 2. The first-order chi connectivity index (χ1) is 7.51. The molecule has 0 saturated carbocycles. The highest BCUT2D eigenvalue weighted by atomic mass is 79.9. The van der Waals surface area contributed by atoms with E-state index in [1.54, 1.807) is 10.8 Å². The lowest BCUT2D eigenvalue weighted by Gasteiger charge is -2.34. The van der Waals surface area contributed by atoms with Crippen molar-refractivity contribution >= 4 is 38.4 Å². The number of benzene rings is 1. The van der Waals surface area contributed by atoms with Crippen molar-refractivity contribution in [3.05, 3.63) is 34.3 Å². The first-order valence-electron chi connectivity index (χ1n) is 5.32. The Morgan fingerprint density at radius 1 is 1.38 bits per heavy atom. The second-order valence-corrected chi connectivity index (χ2v) is 6.52. The summed E-state index contributed by atoms with van der Waals surface area (Å²) in [5, 5.41) is 3.84. The van der Waals surface area contributed by atoms with Gasteiger partial charge in [-0.15, -0.1) is 11.7 Å². The third kappa shape index (κ3) is 3.69. The molecule has 16 heavy (non-hydrogen) atoms. The first kappa shape index (κ1) is 14.4. The van der Waals surface area contributed by atoms with Crippen molar-refractivity contribution in [2.45, 2.75) is 31.6 Å². The first-order valence-corrected chi connectivity index (χ1v) is 8.04. The number of hydrogen-bond acceptors (Lipinski definition) is 3. The maximum atomic E-state index is 4.40. The molecule has 0 heterocycles. The van der Waals surface area contributed by atoms with Gasteiger partial charge in [0.05, 0.1) is 5.25 Å². The molecule has 0 bridgehead atoms. The van der Waals surface area contributed by atoms with E-state index in [1.165, 1.54) is 5.56 Å². The molecule has 1 aromatic carbocycles. The molecule has 0 aliphatic carbocycles. The van der Waals surface area contributed by atoms with Gasteiger partial charge in [-0.2, -0.15) is 0 Å². The molecule has 0 aromatic heterocycles. The zero-order valence-corrected chi connectivity index (χ0v) is 13.1. The van der Waals surface area contributed by atoms with Crippen LogP contribution in [0, 0.1) is 0 Å². The molecule has 90 valence electrons. The highest BCUT2D eigenvalue weighted by Gasteiger charge is 2.29. The SMILES string of the molecule is CCNC(C)(C)[C@H](SS)c1ccc(Br)cc1. The Bertz CT molecular complexity index is 324. The standard InChI is InChI=1S/C12H18BrNS2/c1-4-14-12(2,3)11(16-15)9-5-7-10(13)8-6-9/h5-8,11,14-15H,4H2,1-3H3/t11-/m1/s1. The van der Waals surface area contributed by atoms with Crippen molar-refractivity contribution in [3.8, 4) is 0 Å². The van der Waals surface area contributed by atoms with Crippen LogP contribution in [-0.2, 0) is 0 Å². The molecule has 1 rings (SSSR count). The van der Waals surface area contributed by atoms with Gasteiger partial charge < -0.3 is 5.32 Å². The quantitative estimate of drug-likeness (QED) is 0.614. The lowest BCUT2D eigenvalue weighted by Crippen LogP contribution is -2.43. The summed E-state index contributed by atoms with van der Waals surface area (Å²) in [6.07, 6.45) is 0. The van der Waals surface area contributed by atoms with Crippen LogP contribution in [0.25, 0.3) is 0 Å². The van der Waals surface area contributed by atoms with E-state index in [2.05, 4.69) is 77.9 Å². The molecule has 1 nitrogen and oxygen atoms in total. The molecule has 4 heteroatoms. The third-order valence-corrected chi connectivity index (χ3v) is 4.80. The molecular formula is C12H18BrNS2. The topological polar surface area (TPSA) is 12.0 Å². The highest BCUT2D eigenvalue weighted by Crippen LogP contribution is 2.40. The van der Waals surface area contributed by atoms with Gasteiger partial charge in [-0.3, -0.25) is 0 Å². The van der Waals surface area contributed by atoms with Crippen LogP contribution in [0.15, 0.2) is 28.7 Å². The van der Waals surface area contributed by atoms with Gasteiger partial charge in [0, 0.05) is 10.0 Å². The lowest BCUT2D eigenvalue weighted by molar-refractivity contribution is 0.391. The average molecular weight is 320 g/mol. The second kappa shape index (κ2) is 6.34. The van der Waals surface area contributed by atoms with Crippen LogP contribution < -0.4 is 5.32 Å². The van der Waals surface area contributed by atoms with Gasteiger partial charge in [0.1, 0.15) is 0 Å². The van der Waals surface area contributed by atoms with E-state index >= 15 is 0 Å². The van der Waals surface area contributed by atoms with Gasteiger partial charge in [-0.1, -0.05) is 45.8 Å². The molecule has 1 aromatic rings. The van der Waals surface area contributed by atoms with Crippen LogP contribution in [0.5, 0.6) is 0 Å². The van der Waals surface area contributed by atoms with Crippen LogP contribution in [-0.4, -0.2) is 12.1 Å². The fraction of sp³-hybridized carbons (Fsp3) is 0.500. The summed E-state index contributed by atoms with van der Waals surface area (Å²) in [4.78, 5) is 0. The van der Waals surface area contributed by atoms with Crippen molar-refractivity contribution in [1.82, 2.24) is 5.32 Å². The molecule has 0 fully saturated rings. The van der Waals surface area contributed by atoms with Crippen molar-refractivity contribution in [2.75, 3.05) is 6.54 Å². The number of nitrogens with one attached hydrogen (secondary N) is 1. The Kier molecular flexibility index (Phi) is 5.71.